The first-order valence-electron chi connectivity index (χ1n) is 6.35. The van der Waals surface area contributed by atoms with E-state index in [2.05, 4.69) is 6.08 Å². The number of ether oxygens (including phenoxy) is 1. The standard InChI is InChI=1S/C14H22O3/c1-4-5-6-11-7-13(15)8-12(11)9-14(16)17-10(2)3/h4-5,10-12H,6-9H2,1-3H3/b5-4-. The Kier molecular flexibility index (Phi) is 5.39. The number of hydrogen-bond acceptors (Lipinski definition) is 3. The van der Waals surface area contributed by atoms with Crippen LogP contribution >= 0.6 is 0 Å². The Morgan fingerprint density at radius 2 is 2.06 bits per heavy atom. The lowest BCUT2D eigenvalue weighted by Crippen LogP contribution is -2.18. The summed E-state index contributed by atoms with van der Waals surface area (Å²) in [7, 11) is 0. The molecule has 2 unspecified atom stereocenters. The minimum absolute atomic E-state index is 0.0754. The summed E-state index contributed by atoms with van der Waals surface area (Å²) >= 11 is 0. The molecule has 1 aliphatic rings. The first-order chi connectivity index (χ1) is 8.02. The van der Waals surface area contributed by atoms with Gasteiger partial charge >= 0.3 is 5.97 Å². The second-order valence-electron chi connectivity index (χ2n) is 5.01. The molecule has 0 aliphatic heterocycles. The summed E-state index contributed by atoms with van der Waals surface area (Å²) in [6, 6.07) is 0. The molecule has 96 valence electrons. The number of esters is 1. The van der Waals surface area contributed by atoms with Gasteiger partial charge in [-0.1, -0.05) is 12.2 Å². The molecule has 2 atom stereocenters. The summed E-state index contributed by atoms with van der Waals surface area (Å²) in [5.74, 6) is 0.593. The molecule has 0 spiro atoms. The van der Waals surface area contributed by atoms with Crippen molar-refractivity contribution < 1.29 is 14.3 Å². The van der Waals surface area contributed by atoms with Crippen molar-refractivity contribution in [3.8, 4) is 0 Å². The van der Waals surface area contributed by atoms with Crippen LogP contribution in [0.2, 0.25) is 0 Å². The molecule has 0 bridgehead atoms. The molecule has 1 aliphatic carbocycles. The van der Waals surface area contributed by atoms with E-state index < -0.39 is 0 Å². The zero-order valence-electron chi connectivity index (χ0n) is 10.9. The Hall–Kier alpha value is -1.12. The second-order valence-corrected chi connectivity index (χ2v) is 5.01. The lowest BCUT2D eigenvalue weighted by atomic mass is 9.90. The largest absolute Gasteiger partial charge is 0.463 e. The fourth-order valence-electron chi connectivity index (χ4n) is 2.35. The Bertz CT molecular complexity index is 305. The summed E-state index contributed by atoms with van der Waals surface area (Å²) in [5, 5.41) is 0. The van der Waals surface area contributed by atoms with Crippen molar-refractivity contribution in [1.82, 2.24) is 0 Å². The van der Waals surface area contributed by atoms with E-state index in [0.29, 0.717) is 25.2 Å². The summed E-state index contributed by atoms with van der Waals surface area (Å²) in [4.78, 5) is 23.0. The van der Waals surface area contributed by atoms with Crippen LogP contribution < -0.4 is 0 Å². The Morgan fingerprint density at radius 3 is 2.65 bits per heavy atom. The van der Waals surface area contributed by atoms with E-state index in [-0.39, 0.29) is 23.8 Å². The minimum atomic E-state index is -0.176. The summed E-state index contributed by atoms with van der Waals surface area (Å²) in [5.41, 5.74) is 0. The lowest BCUT2D eigenvalue weighted by Gasteiger charge is -2.17. The third-order valence-corrected chi connectivity index (χ3v) is 3.12. The first kappa shape index (κ1) is 13.9. The molecular weight excluding hydrogens is 216 g/mol. The predicted octanol–water partition coefficient (Wildman–Crippen LogP) is 2.89. The zero-order valence-corrected chi connectivity index (χ0v) is 10.9. The van der Waals surface area contributed by atoms with Crippen LogP contribution in [0.25, 0.3) is 0 Å². The van der Waals surface area contributed by atoms with E-state index in [1.807, 2.05) is 26.8 Å². The van der Waals surface area contributed by atoms with Crippen LogP contribution in [0.4, 0.5) is 0 Å². The van der Waals surface area contributed by atoms with Crippen LogP contribution in [0.15, 0.2) is 12.2 Å². The average molecular weight is 238 g/mol. The fraction of sp³-hybridized carbons (Fsp3) is 0.714. The number of hydrogen-bond donors (Lipinski definition) is 0. The van der Waals surface area contributed by atoms with Gasteiger partial charge in [0.25, 0.3) is 0 Å². The fourth-order valence-corrected chi connectivity index (χ4v) is 2.35. The number of carbonyl (C=O) groups is 2. The van der Waals surface area contributed by atoms with Gasteiger partial charge in [0, 0.05) is 19.3 Å². The van der Waals surface area contributed by atoms with Crippen molar-refractivity contribution in [3.63, 3.8) is 0 Å². The summed E-state index contributed by atoms with van der Waals surface area (Å²) in [6.07, 6.45) is 6.41. The van der Waals surface area contributed by atoms with E-state index in [4.69, 9.17) is 4.74 Å². The predicted molar refractivity (Wildman–Crippen MR) is 66.5 cm³/mol. The third-order valence-electron chi connectivity index (χ3n) is 3.12. The second kappa shape index (κ2) is 6.58. The number of allylic oxidation sites excluding steroid dienone is 2. The van der Waals surface area contributed by atoms with E-state index in [1.54, 1.807) is 0 Å². The van der Waals surface area contributed by atoms with Crippen LogP contribution in [-0.4, -0.2) is 17.9 Å². The van der Waals surface area contributed by atoms with Gasteiger partial charge in [0.1, 0.15) is 5.78 Å². The van der Waals surface area contributed by atoms with Crippen LogP contribution in [0.5, 0.6) is 0 Å². The summed E-state index contributed by atoms with van der Waals surface area (Å²) < 4.78 is 5.13. The molecule has 1 fully saturated rings. The van der Waals surface area contributed by atoms with Gasteiger partial charge in [-0.05, 0) is 39.0 Å². The number of ketones is 1. The maximum absolute atomic E-state index is 11.6. The van der Waals surface area contributed by atoms with Crippen molar-refractivity contribution in [2.75, 3.05) is 0 Å². The molecule has 1 rings (SSSR count). The number of Topliss-reactive ketones (excluding diaryl/α,β-unsaturated/α-hetero) is 1. The van der Waals surface area contributed by atoms with E-state index in [1.165, 1.54) is 0 Å². The topological polar surface area (TPSA) is 43.4 Å². The van der Waals surface area contributed by atoms with Crippen LogP contribution in [0.3, 0.4) is 0 Å². The highest BCUT2D eigenvalue weighted by Crippen LogP contribution is 2.34. The summed E-state index contributed by atoms with van der Waals surface area (Å²) in [6.45, 7) is 5.66. The van der Waals surface area contributed by atoms with Gasteiger partial charge in [0.05, 0.1) is 6.10 Å². The molecule has 0 saturated heterocycles. The highest BCUT2D eigenvalue weighted by Gasteiger charge is 2.33. The van der Waals surface area contributed by atoms with Gasteiger partial charge in [-0.3, -0.25) is 9.59 Å². The average Bonchev–Trinajstić information content (AvgIpc) is 2.54. The minimum Gasteiger partial charge on any atom is -0.463 e. The van der Waals surface area contributed by atoms with Crippen molar-refractivity contribution >= 4 is 11.8 Å². The van der Waals surface area contributed by atoms with Gasteiger partial charge in [-0.15, -0.1) is 0 Å². The molecule has 0 N–H and O–H groups in total. The normalized spacial score (nSPS) is 24.8. The quantitative estimate of drug-likeness (QED) is 0.546. The van der Waals surface area contributed by atoms with Gasteiger partial charge in [-0.25, -0.2) is 0 Å². The molecule has 0 heterocycles. The molecule has 3 nitrogen and oxygen atoms in total. The van der Waals surface area contributed by atoms with E-state index in [9.17, 15) is 9.59 Å². The molecule has 17 heavy (non-hydrogen) atoms. The van der Waals surface area contributed by atoms with Crippen molar-refractivity contribution in [2.45, 2.75) is 52.6 Å². The zero-order chi connectivity index (χ0) is 12.8. The lowest BCUT2D eigenvalue weighted by molar-refractivity contribution is -0.148. The van der Waals surface area contributed by atoms with Crippen LogP contribution in [0.1, 0.15) is 46.5 Å². The molecule has 1 saturated carbocycles. The molecule has 3 heteroatoms. The molecule has 0 amide bonds. The molecular formula is C14H22O3. The van der Waals surface area contributed by atoms with Gasteiger partial charge in [0.15, 0.2) is 0 Å². The first-order valence-corrected chi connectivity index (χ1v) is 6.35. The van der Waals surface area contributed by atoms with Crippen molar-refractivity contribution in [3.05, 3.63) is 12.2 Å². The Morgan fingerprint density at radius 1 is 1.41 bits per heavy atom. The highest BCUT2D eigenvalue weighted by atomic mass is 16.5. The van der Waals surface area contributed by atoms with Gasteiger partial charge in [-0.2, -0.15) is 0 Å². The molecule has 0 aromatic carbocycles. The van der Waals surface area contributed by atoms with E-state index >= 15 is 0 Å². The van der Waals surface area contributed by atoms with Gasteiger partial charge < -0.3 is 4.74 Å². The van der Waals surface area contributed by atoms with E-state index in [0.717, 1.165) is 6.42 Å². The Labute approximate surface area is 103 Å². The molecule has 0 aromatic heterocycles. The molecule has 0 radical (unpaired) electrons. The van der Waals surface area contributed by atoms with Crippen LogP contribution in [-0.2, 0) is 14.3 Å². The van der Waals surface area contributed by atoms with Crippen molar-refractivity contribution in [1.29, 1.82) is 0 Å². The van der Waals surface area contributed by atoms with Gasteiger partial charge in [0.2, 0.25) is 0 Å². The third kappa shape index (κ3) is 4.72. The monoisotopic (exact) mass is 238 g/mol. The highest BCUT2D eigenvalue weighted by molar-refractivity contribution is 5.82. The number of rotatable bonds is 5. The molecule has 0 aromatic rings. The smallest absolute Gasteiger partial charge is 0.306 e. The maximum atomic E-state index is 11.6. The maximum Gasteiger partial charge on any atom is 0.306 e. The number of carbonyl (C=O) groups excluding carboxylic acids is 2. The SMILES string of the molecule is C/C=C\CC1CC(=O)CC1CC(=O)OC(C)C. The Balaban J connectivity index is 2.49. The van der Waals surface area contributed by atoms with Crippen molar-refractivity contribution in [2.24, 2.45) is 11.8 Å². The van der Waals surface area contributed by atoms with Crippen LogP contribution in [0, 0.1) is 11.8 Å².